The summed E-state index contributed by atoms with van der Waals surface area (Å²) in [4.78, 5) is 2.17. The van der Waals surface area contributed by atoms with E-state index in [0.717, 1.165) is 24.2 Å². The van der Waals surface area contributed by atoms with Gasteiger partial charge in [0.15, 0.2) is 0 Å². The Balaban J connectivity index is 2.62. The van der Waals surface area contributed by atoms with E-state index < -0.39 is 10.0 Å². The zero-order chi connectivity index (χ0) is 11.9. The second-order valence-electron chi connectivity index (χ2n) is 3.79. The molecule has 0 amide bonds. The smallest absolute Gasteiger partial charge is 0.241 e. The molecule has 88 valence electrons. The summed E-state index contributed by atoms with van der Waals surface area (Å²) in [6, 6.07) is 3.38. The summed E-state index contributed by atoms with van der Waals surface area (Å²) in [6.45, 7) is 0.898. The number of benzene rings is 1. The van der Waals surface area contributed by atoms with Crippen molar-refractivity contribution < 1.29 is 8.42 Å². The van der Waals surface area contributed by atoms with Crippen LogP contribution < -0.4 is 9.62 Å². The number of sulfonamides is 1. The predicted octanol–water partition coefficient (Wildman–Crippen LogP) is 1.24. The van der Waals surface area contributed by atoms with Crippen LogP contribution >= 0.6 is 11.6 Å². The highest BCUT2D eigenvalue weighted by atomic mass is 35.5. The molecule has 1 aromatic carbocycles. The van der Waals surface area contributed by atoms with Crippen molar-refractivity contribution in [2.45, 2.75) is 11.3 Å². The maximum absolute atomic E-state index is 11.7. The van der Waals surface area contributed by atoms with Gasteiger partial charge in [-0.25, -0.2) is 13.1 Å². The van der Waals surface area contributed by atoms with Gasteiger partial charge in [0, 0.05) is 19.3 Å². The van der Waals surface area contributed by atoms with Gasteiger partial charge in [0.1, 0.15) is 4.90 Å². The van der Waals surface area contributed by atoms with Gasteiger partial charge < -0.3 is 4.90 Å². The number of fused-ring (bicyclic) bond motifs is 1. The average Bonchev–Trinajstić information content (AvgIpc) is 2.58. The average molecular weight is 261 g/mol. The second-order valence-corrected chi connectivity index (χ2v) is 6.05. The first-order valence-corrected chi connectivity index (χ1v) is 6.79. The molecule has 0 bridgehead atoms. The van der Waals surface area contributed by atoms with Crippen molar-refractivity contribution in [2.24, 2.45) is 0 Å². The third-order valence-electron chi connectivity index (χ3n) is 2.82. The van der Waals surface area contributed by atoms with Crippen molar-refractivity contribution >= 4 is 27.3 Å². The first-order chi connectivity index (χ1) is 7.45. The summed E-state index contributed by atoms with van der Waals surface area (Å²) in [6.07, 6.45) is 0.908. The van der Waals surface area contributed by atoms with Gasteiger partial charge in [-0.2, -0.15) is 0 Å². The fourth-order valence-corrected chi connectivity index (χ4v) is 3.16. The normalized spacial score (nSPS) is 15.3. The molecule has 6 heteroatoms. The van der Waals surface area contributed by atoms with Crippen LogP contribution in [-0.4, -0.2) is 29.1 Å². The van der Waals surface area contributed by atoms with Crippen LogP contribution in [0.15, 0.2) is 17.0 Å². The molecule has 1 N–H and O–H groups in total. The highest BCUT2D eigenvalue weighted by molar-refractivity contribution is 7.89. The number of hydrogen-bond donors (Lipinski definition) is 1. The number of anilines is 1. The van der Waals surface area contributed by atoms with Crippen LogP contribution in [0.5, 0.6) is 0 Å². The highest BCUT2D eigenvalue weighted by Gasteiger charge is 2.23. The van der Waals surface area contributed by atoms with E-state index in [1.807, 2.05) is 11.9 Å². The standard InChI is InChI=1S/C10H13ClN2O2S/c1-12-16(14,15)10-6-9-7(5-8(10)11)3-4-13(9)2/h5-6,12H,3-4H2,1-2H3. The number of hydrogen-bond acceptors (Lipinski definition) is 3. The number of rotatable bonds is 2. The van der Waals surface area contributed by atoms with Gasteiger partial charge in [0.25, 0.3) is 0 Å². The van der Waals surface area contributed by atoms with Gasteiger partial charge in [-0.1, -0.05) is 11.6 Å². The zero-order valence-corrected chi connectivity index (χ0v) is 10.7. The maximum atomic E-state index is 11.7. The molecule has 0 atom stereocenters. The van der Waals surface area contributed by atoms with Crippen LogP contribution in [-0.2, 0) is 16.4 Å². The summed E-state index contributed by atoms with van der Waals surface area (Å²) in [5.41, 5.74) is 2.04. The van der Waals surface area contributed by atoms with Crippen molar-refractivity contribution in [3.05, 3.63) is 22.7 Å². The maximum Gasteiger partial charge on any atom is 0.241 e. The summed E-state index contributed by atoms with van der Waals surface area (Å²) in [5.74, 6) is 0. The van der Waals surface area contributed by atoms with Gasteiger partial charge in [-0.15, -0.1) is 0 Å². The van der Waals surface area contributed by atoms with Crippen LogP contribution in [0.1, 0.15) is 5.56 Å². The monoisotopic (exact) mass is 260 g/mol. The molecule has 0 aromatic heterocycles. The Morgan fingerprint density at radius 2 is 2.12 bits per heavy atom. The Labute approximate surface area is 100 Å². The second kappa shape index (κ2) is 3.91. The van der Waals surface area contributed by atoms with Crippen molar-refractivity contribution in [3.8, 4) is 0 Å². The molecule has 0 saturated carbocycles. The van der Waals surface area contributed by atoms with E-state index in [0.29, 0.717) is 0 Å². The van der Waals surface area contributed by atoms with Crippen LogP contribution in [0.3, 0.4) is 0 Å². The first-order valence-electron chi connectivity index (χ1n) is 4.93. The zero-order valence-electron chi connectivity index (χ0n) is 9.12. The molecular formula is C10H13ClN2O2S. The lowest BCUT2D eigenvalue weighted by molar-refractivity contribution is 0.588. The fourth-order valence-electron chi connectivity index (χ4n) is 1.86. The van der Waals surface area contributed by atoms with Crippen LogP contribution in [0.25, 0.3) is 0 Å². The number of halogens is 1. The Kier molecular flexibility index (Phi) is 2.86. The molecule has 16 heavy (non-hydrogen) atoms. The largest absolute Gasteiger partial charge is 0.374 e. The fraction of sp³-hybridized carbons (Fsp3) is 0.400. The Morgan fingerprint density at radius 1 is 1.44 bits per heavy atom. The van der Waals surface area contributed by atoms with Crippen molar-refractivity contribution in [1.29, 1.82) is 0 Å². The first kappa shape index (κ1) is 11.7. The number of likely N-dealkylation sites (N-methyl/N-ethyl adjacent to an activating group) is 1. The predicted molar refractivity (Wildman–Crippen MR) is 64.7 cm³/mol. The van der Waals surface area contributed by atoms with E-state index >= 15 is 0 Å². The SMILES string of the molecule is CNS(=O)(=O)c1cc2c(cc1Cl)CCN2C. The third-order valence-corrected chi connectivity index (χ3v) is 4.70. The molecule has 4 nitrogen and oxygen atoms in total. The van der Waals surface area contributed by atoms with E-state index in [4.69, 9.17) is 11.6 Å². The Morgan fingerprint density at radius 3 is 2.75 bits per heavy atom. The third kappa shape index (κ3) is 1.79. The lowest BCUT2D eigenvalue weighted by atomic mass is 10.2. The number of nitrogens with zero attached hydrogens (tertiary/aromatic N) is 1. The molecule has 0 radical (unpaired) electrons. The summed E-state index contributed by atoms with van der Waals surface area (Å²) >= 11 is 5.98. The molecule has 0 saturated heterocycles. The van der Waals surface area contributed by atoms with E-state index in [2.05, 4.69) is 4.72 Å². The minimum atomic E-state index is -3.48. The van der Waals surface area contributed by atoms with Crippen molar-refractivity contribution in [1.82, 2.24) is 4.72 Å². The molecule has 0 spiro atoms. The van der Waals surface area contributed by atoms with E-state index in [9.17, 15) is 8.42 Å². The van der Waals surface area contributed by atoms with Gasteiger partial charge in [-0.3, -0.25) is 0 Å². The number of nitrogens with one attached hydrogen (secondary N) is 1. The Bertz CT molecular complexity index is 528. The quantitative estimate of drug-likeness (QED) is 0.871. The van der Waals surface area contributed by atoms with Crippen LogP contribution in [0.4, 0.5) is 5.69 Å². The minimum absolute atomic E-state index is 0.143. The molecule has 1 heterocycles. The van der Waals surface area contributed by atoms with Gasteiger partial charge in [-0.05, 0) is 31.2 Å². The highest BCUT2D eigenvalue weighted by Crippen LogP contribution is 2.34. The molecule has 1 aliphatic heterocycles. The molecular weight excluding hydrogens is 248 g/mol. The molecule has 1 aliphatic rings. The summed E-state index contributed by atoms with van der Waals surface area (Å²) in [5, 5.41) is 0.281. The molecule has 0 aliphatic carbocycles. The van der Waals surface area contributed by atoms with E-state index in [1.54, 1.807) is 12.1 Å². The molecule has 2 rings (SSSR count). The molecule has 0 fully saturated rings. The van der Waals surface area contributed by atoms with Gasteiger partial charge in [0.05, 0.1) is 5.02 Å². The van der Waals surface area contributed by atoms with Gasteiger partial charge >= 0.3 is 0 Å². The van der Waals surface area contributed by atoms with E-state index in [-0.39, 0.29) is 9.92 Å². The van der Waals surface area contributed by atoms with Gasteiger partial charge in [0.2, 0.25) is 10.0 Å². The summed E-state index contributed by atoms with van der Waals surface area (Å²) in [7, 11) is -0.165. The Hall–Kier alpha value is -0.780. The molecule has 0 unspecified atom stereocenters. The van der Waals surface area contributed by atoms with Crippen molar-refractivity contribution in [3.63, 3.8) is 0 Å². The lowest BCUT2D eigenvalue weighted by Crippen LogP contribution is -2.19. The van der Waals surface area contributed by atoms with Crippen molar-refractivity contribution in [2.75, 3.05) is 25.5 Å². The summed E-state index contributed by atoms with van der Waals surface area (Å²) < 4.78 is 25.7. The minimum Gasteiger partial charge on any atom is -0.374 e. The lowest BCUT2D eigenvalue weighted by Gasteiger charge is -2.14. The van der Waals surface area contributed by atoms with Crippen LogP contribution in [0, 0.1) is 0 Å². The van der Waals surface area contributed by atoms with E-state index in [1.165, 1.54) is 7.05 Å². The molecule has 1 aromatic rings. The topological polar surface area (TPSA) is 49.4 Å². The van der Waals surface area contributed by atoms with Crippen LogP contribution in [0.2, 0.25) is 5.02 Å².